The fourth-order valence-corrected chi connectivity index (χ4v) is 1.42. The monoisotopic (exact) mass is 220 g/mol. The number of methoxy groups -OCH3 is 1. The maximum absolute atomic E-state index is 11.3. The van der Waals surface area contributed by atoms with E-state index in [4.69, 9.17) is 4.74 Å². The van der Waals surface area contributed by atoms with Gasteiger partial charge in [0.05, 0.1) is 13.7 Å². The number of esters is 2. The molecule has 1 unspecified atom stereocenters. The standard InChI is InChI=1S/C9H16O4S/c1-4-13-9(11)7(5-6-14-3)8(10)12-2/h7H,4-6H2,1-3H3. The van der Waals surface area contributed by atoms with Crippen LogP contribution >= 0.6 is 11.8 Å². The van der Waals surface area contributed by atoms with E-state index >= 15 is 0 Å². The number of ether oxygens (including phenoxy) is 2. The highest BCUT2D eigenvalue weighted by molar-refractivity contribution is 7.98. The minimum Gasteiger partial charge on any atom is -0.468 e. The Balaban J connectivity index is 4.22. The molecule has 5 heteroatoms. The van der Waals surface area contributed by atoms with Crippen molar-refractivity contribution < 1.29 is 19.1 Å². The number of thioether (sulfide) groups is 1. The van der Waals surface area contributed by atoms with Crippen molar-refractivity contribution in [2.24, 2.45) is 5.92 Å². The van der Waals surface area contributed by atoms with Crippen molar-refractivity contribution in [3.05, 3.63) is 0 Å². The van der Waals surface area contributed by atoms with Gasteiger partial charge < -0.3 is 9.47 Å². The average Bonchev–Trinajstić information content (AvgIpc) is 2.18. The van der Waals surface area contributed by atoms with Crippen molar-refractivity contribution in [2.75, 3.05) is 25.7 Å². The molecule has 0 aromatic rings. The van der Waals surface area contributed by atoms with Gasteiger partial charge in [-0.05, 0) is 25.4 Å². The zero-order chi connectivity index (χ0) is 11.0. The summed E-state index contributed by atoms with van der Waals surface area (Å²) in [6, 6.07) is 0. The third kappa shape index (κ3) is 4.50. The third-order valence-electron chi connectivity index (χ3n) is 1.67. The summed E-state index contributed by atoms with van der Waals surface area (Å²) in [5.74, 6) is -1.04. The first-order valence-corrected chi connectivity index (χ1v) is 5.80. The Morgan fingerprint density at radius 3 is 2.43 bits per heavy atom. The Labute approximate surface area is 88.3 Å². The molecule has 0 aromatic carbocycles. The molecule has 0 N–H and O–H groups in total. The molecule has 0 bridgehead atoms. The van der Waals surface area contributed by atoms with Crippen molar-refractivity contribution in [1.82, 2.24) is 0 Å². The number of carbonyl (C=O) groups is 2. The van der Waals surface area contributed by atoms with Crippen LogP contribution in [0.2, 0.25) is 0 Å². The molecule has 0 aliphatic carbocycles. The second-order valence-electron chi connectivity index (χ2n) is 2.61. The summed E-state index contributed by atoms with van der Waals surface area (Å²) in [7, 11) is 1.27. The molecule has 1 atom stereocenters. The van der Waals surface area contributed by atoms with Crippen LogP contribution in [0.5, 0.6) is 0 Å². The second-order valence-corrected chi connectivity index (χ2v) is 3.59. The average molecular weight is 220 g/mol. The van der Waals surface area contributed by atoms with Gasteiger partial charge in [-0.2, -0.15) is 11.8 Å². The van der Waals surface area contributed by atoms with Gasteiger partial charge in [-0.1, -0.05) is 0 Å². The lowest BCUT2D eigenvalue weighted by molar-refractivity contribution is -0.160. The van der Waals surface area contributed by atoms with E-state index in [0.29, 0.717) is 6.42 Å². The van der Waals surface area contributed by atoms with Crippen molar-refractivity contribution in [3.8, 4) is 0 Å². The molecule has 0 saturated heterocycles. The van der Waals surface area contributed by atoms with E-state index in [1.807, 2.05) is 6.26 Å². The minimum atomic E-state index is -0.771. The summed E-state index contributed by atoms with van der Waals surface area (Å²) in [5, 5.41) is 0. The van der Waals surface area contributed by atoms with Crippen LogP contribution < -0.4 is 0 Å². The van der Waals surface area contributed by atoms with E-state index in [1.54, 1.807) is 18.7 Å². The SMILES string of the molecule is CCOC(=O)C(CCSC)C(=O)OC. The molecule has 0 aliphatic heterocycles. The predicted octanol–water partition coefficient (Wildman–Crippen LogP) is 1.09. The molecule has 0 rings (SSSR count). The summed E-state index contributed by atoms with van der Waals surface area (Å²) >= 11 is 1.58. The minimum absolute atomic E-state index is 0.283. The van der Waals surface area contributed by atoms with Crippen LogP contribution in [0.4, 0.5) is 0 Å². The van der Waals surface area contributed by atoms with Crippen LogP contribution in [-0.4, -0.2) is 37.7 Å². The number of hydrogen-bond donors (Lipinski definition) is 0. The van der Waals surface area contributed by atoms with Crippen LogP contribution in [-0.2, 0) is 19.1 Å². The number of carbonyl (C=O) groups excluding carboxylic acids is 2. The first-order chi connectivity index (χ1) is 6.67. The molecule has 14 heavy (non-hydrogen) atoms. The van der Waals surface area contributed by atoms with Crippen molar-refractivity contribution in [2.45, 2.75) is 13.3 Å². The Morgan fingerprint density at radius 1 is 1.36 bits per heavy atom. The van der Waals surface area contributed by atoms with Gasteiger partial charge in [-0.3, -0.25) is 9.59 Å². The van der Waals surface area contributed by atoms with E-state index in [9.17, 15) is 9.59 Å². The quantitative estimate of drug-likeness (QED) is 0.495. The van der Waals surface area contributed by atoms with Gasteiger partial charge in [0.2, 0.25) is 0 Å². The van der Waals surface area contributed by atoms with Gasteiger partial charge in [-0.25, -0.2) is 0 Å². The molecule has 0 fully saturated rings. The van der Waals surface area contributed by atoms with Crippen molar-refractivity contribution in [3.63, 3.8) is 0 Å². The van der Waals surface area contributed by atoms with E-state index in [0.717, 1.165) is 5.75 Å². The highest BCUT2D eigenvalue weighted by Crippen LogP contribution is 2.11. The van der Waals surface area contributed by atoms with E-state index in [1.165, 1.54) is 7.11 Å². The molecule has 0 heterocycles. The topological polar surface area (TPSA) is 52.6 Å². The highest BCUT2D eigenvalue weighted by atomic mass is 32.2. The lowest BCUT2D eigenvalue weighted by Gasteiger charge is -2.12. The highest BCUT2D eigenvalue weighted by Gasteiger charge is 2.28. The molecular formula is C9H16O4S. The first-order valence-electron chi connectivity index (χ1n) is 4.40. The lowest BCUT2D eigenvalue weighted by Crippen LogP contribution is -2.27. The third-order valence-corrected chi connectivity index (χ3v) is 2.31. The van der Waals surface area contributed by atoms with E-state index in [2.05, 4.69) is 4.74 Å². The lowest BCUT2D eigenvalue weighted by atomic mass is 10.1. The molecule has 0 aliphatic rings. The fraction of sp³-hybridized carbons (Fsp3) is 0.778. The van der Waals surface area contributed by atoms with Gasteiger partial charge in [0, 0.05) is 0 Å². The van der Waals surface area contributed by atoms with E-state index in [-0.39, 0.29) is 6.61 Å². The Kier molecular flexibility index (Phi) is 7.28. The van der Waals surface area contributed by atoms with Crippen LogP contribution in [0, 0.1) is 5.92 Å². The Bertz CT molecular complexity index is 193. The first kappa shape index (κ1) is 13.3. The maximum atomic E-state index is 11.3. The molecule has 0 saturated carbocycles. The van der Waals surface area contributed by atoms with Crippen LogP contribution in [0.15, 0.2) is 0 Å². The molecule has 82 valence electrons. The molecular weight excluding hydrogens is 204 g/mol. The number of hydrogen-bond acceptors (Lipinski definition) is 5. The molecule has 0 amide bonds. The van der Waals surface area contributed by atoms with Crippen LogP contribution in [0.3, 0.4) is 0 Å². The summed E-state index contributed by atoms with van der Waals surface area (Å²) < 4.78 is 9.30. The van der Waals surface area contributed by atoms with Crippen LogP contribution in [0.1, 0.15) is 13.3 Å². The van der Waals surface area contributed by atoms with Gasteiger partial charge in [0.1, 0.15) is 0 Å². The Morgan fingerprint density at radius 2 is 2.00 bits per heavy atom. The fourth-order valence-electron chi connectivity index (χ4n) is 0.953. The smallest absolute Gasteiger partial charge is 0.320 e. The summed E-state index contributed by atoms with van der Waals surface area (Å²) in [5.41, 5.74) is 0. The van der Waals surface area contributed by atoms with Crippen molar-refractivity contribution in [1.29, 1.82) is 0 Å². The normalized spacial score (nSPS) is 11.9. The number of rotatable bonds is 6. The zero-order valence-electron chi connectivity index (χ0n) is 8.74. The Hall–Kier alpha value is -0.710. The van der Waals surface area contributed by atoms with Gasteiger partial charge in [-0.15, -0.1) is 0 Å². The molecule has 0 radical (unpaired) electrons. The van der Waals surface area contributed by atoms with Gasteiger partial charge in [0.15, 0.2) is 5.92 Å². The maximum Gasteiger partial charge on any atom is 0.320 e. The predicted molar refractivity (Wildman–Crippen MR) is 55.1 cm³/mol. The van der Waals surface area contributed by atoms with Crippen LogP contribution in [0.25, 0.3) is 0 Å². The van der Waals surface area contributed by atoms with Crippen molar-refractivity contribution >= 4 is 23.7 Å². The van der Waals surface area contributed by atoms with Gasteiger partial charge >= 0.3 is 11.9 Å². The second kappa shape index (κ2) is 7.67. The summed E-state index contributed by atoms with van der Waals surface area (Å²) in [4.78, 5) is 22.5. The summed E-state index contributed by atoms with van der Waals surface area (Å²) in [6.45, 7) is 1.99. The molecule has 0 spiro atoms. The molecule has 0 aromatic heterocycles. The zero-order valence-corrected chi connectivity index (χ0v) is 9.56. The largest absolute Gasteiger partial charge is 0.468 e. The summed E-state index contributed by atoms with van der Waals surface area (Å²) in [6.07, 6.45) is 2.38. The van der Waals surface area contributed by atoms with Gasteiger partial charge in [0.25, 0.3) is 0 Å². The van der Waals surface area contributed by atoms with E-state index < -0.39 is 17.9 Å². The molecule has 4 nitrogen and oxygen atoms in total.